The summed E-state index contributed by atoms with van der Waals surface area (Å²) < 4.78 is 12.7. The van der Waals surface area contributed by atoms with Crippen molar-refractivity contribution in [1.29, 1.82) is 0 Å². The molecule has 0 aromatic heterocycles. The van der Waals surface area contributed by atoms with Gasteiger partial charge < -0.3 is 5.11 Å². The normalized spacial score (nSPS) is 23.7. The second-order valence-corrected chi connectivity index (χ2v) is 4.74. The van der Waals surface area contributed by atoms with Gasteiger partial charge in [-0.1, -0.05) is 13.8 Å². The zero-order valence-corrected chi connectivity index (χ0v) is 9.50. The number of carboxylic acids is 1. The zero-order chi connectivity index (χ0) is 11.5. The molecule has 0 aliphatic carbocycles. The first kappa shape index (κ1) is 12.4. The molecule has 1 fully saturated rings. The zero-order valence-electron chi connectivity index (χ0n) is 9.50. The number of aliphatic carboxylic acids is 1. The van der Waals surface area contributed by atoms with Crippen LogP contribution >= 0.6 is 0 Å². The third-order valence-corrected chi connectivity index (χ3v) is 3.44. The second-order valence-electron chi connectivity index (χ2n) is 4.74. The Morgan fingerprint density at radius 3 is 2.40 bits per heavy atom. The summed E-state index contributed by atoms with van der Waals surface area (Å²) in [6.45, 7) is 4.91. The van der Waals surface area contributed by atoms with Crippen molar-refractivity contribution in [3.63, 3.8) is 0 Å². The van der Waals surface area contributed by atoms with Crippen LogP contribution in [0.4, 0.5) is 4.39 Å². The number of carbonyl (C=O) groups is 1. The van der Waals surface area contributed by atoms with E-state index in [4.69, 9.17) is 5.11 Å². The number of likely N-dealkylation sites (tertiary alicyclic amines) is 1. The Hall–Kier alpha value is -0.640. The summed E-state index contributed by atoms with van der Waals surface area (Å²) in [5.74, 6) is -0.763. The largest absolute Gasteiger partial charge is 0.480 e. The average Bonchev–Trinajstić information content (AvgIpc) is 2.22. The SMILES string of the molecule is CC[C@H](C(=O)O)N1CCC(C)(CF)CC1. The molecule has 3 nitrogen and oxygen atoms in total. The Labute approximate surface area is 90.3 Å². The van der Waals surface area contributed by atoms with E-state index in [1.807, 2.05) is 18.7 Å². The lowest BCUT2D eigenvalue weighted by molar-refractivity contribution is -0.144. The van der Waals surface area contributed by atoms with E-state index >= 15 is 0 Å². The van der Waals surface area contributed by atoms with Gasteiger partial charge in [0.05, 0.1) is 6.67 Å². The van der Waals surface area contributed by atoms with Crippen molar-refractivity contribution < 1.29 is 14.3 Å². The molecule has 1 aliphatic rings. The number of piperidine rings is 1. The topological polar surface area (TPSA) is 40.5 Å². The van der Waals surface area contributed by atoms with Crippen molar-refractivity contribution in [3.05, 3.63) is 0 Å². The third kappa shape index (κ3) is 2.91. The van der Waals surface area contributed by atoms with Gasteiger partial charge in [0, 0.05) is 0 Å². The van der Waals surface area contributed by atoms with Gasteiger partial charge in [0.15, 0.2) is 0 Å². The standard InChI is InChI=1S/C11H20FNO2/c1-3-9(10(14)15)13-6-4-11(2,8-12)5-7-13/h9H,3-8H2,1-2H3,(H,14,15)/t9-/m1/s1. The molecule has 1 rings (SSSR count). The van der Waals surface area contributed by atoms with Crippen LogP contribution in [-0.2, 0) is 4.79 Å². The van der Waals surface area contributed by atoms with Crippen molar-refractivity contribution in [1.82, 2.24) is 4.90 Å². The molecular formula is C11H20FNO2. The monoisotopic (exact) mass is 217 g/mol. The highest BCUT2D eigenvalue weighted by molar-refractivity contribution is 5.73. The van der Waals surface area contributed by atoms with Crippen LogP contribution in [-0.4, -0.2) is 41.8 Å². The highest BCUT2D eigenvalue weighted by atomic mass is 19.1. The van der Waals surface area contributed by atoms with Crippen LogP contribution in [0.3, 0.4) is 0 Å². The quantitative estimate of drug-likeness (QED) is 0.782. The Morgan fingerprint density at radius 1 is 1.53 bits per heavy atom. The first-order chi connectivity index (χ1) is 7.02. The summed E-state index contributed by atoms with van der Waals surface area (Å²) in [6, 6.07) is -0.394. The van der Waals surface area contributed by atoms with Gasteiger partial charge in [0.25, 0.3) is 0 Å². The van der Waals surface area contributed by atoms with Gasteiger partial charge in [-0.3, -0.25) is 14.1 Å². The van der Waals surface area contributed by atoms with Gasteiger partial charge in [-0.15, -0.1) is 0 Å². The Bertz CT molecular complexity index is 225. The van der Waals surface area contributed by atoms with E-state index in [0.29, 0.717) is 19.5 Å². The van der Waals surface area contributed by atoms with Gasteiger partial charge in [0.1, 0.15) is 6.04 Å². The minimum Gasteiger partial charge on any atom is -0.480 e. The van der Waals surface area contributed by atoms with Gasteiger partial charge in [-0.25, -0.2) is 0 Å². The Balaban J connectivity index is 2.52. The summed E-state index contributed by atoms with van der Waals surface area (Å²) in [6.07, 6.45) is 2.13. The van der Waals surface area contributed by atoms with Gasteiger partial charge in [0.2, 0.25) is 0 Å². The number of nitrogens with zero attached hydrogens (tertiary/aromatic N) is 1. The van der Waals surface area contributed by atoms with Crippen molar-refractivity contribution in [3.8, 4) is 0 Å². The van der Waals surface area contributed by atoms with E-state index in [-0.39, 0.29) is 12.1 Å². The first-order valence-corrected chi connectivity index (χ1v) is 5.55. The minimum absolute atomic E-state index is 0.229. The molecule has 1 N–H and O–H groups in total. The molecule has 1 saturated heterocycles. The molecule has 0 aromatic carbocycles. The predicted octanol–water partition coefficient (Wildman–Crippen LogP) is 1.92. The minimum atomic E-state index is -0.763. The summed E-state index contributed by atoms with van der Waals surface area (Å²) in [5.41, 5.74) is -0.229. The fourth-order valence-electron chi connectivity index (χ4n) is 2.10. The Morgan fingerprint density at radius 2 is 2.07 bits per heavy atom. The molecule has 4 heteroatoms. The van der Waals surface area contributed by atoms with Gasteiger partial charge in [-0.2, -0.15) is 0 Å². The number of carboxylic acid groups (broad SMARTS) is 1. The summed E-state index contributed by atoms with van der Waals surface area (Å²) in [4.78, 5) is 12.9. The van der Waals surface area contributed by atoms with Crippen LogP contribution < -0.4 is 0 Å². The number of hydrogen-bond acceptors (Lipinski definition) is 2. The van der Waals surface area contributed by atoms with Gasteiger partial charge >= 0.3 is 5.97 Å². The smallest absolute Gasteiger partial charge is 0.320 e. The molecule has 0 aromatic rings. The van der Waals surface area contributed by atoms with Crippen molar-refractivity contribution in [2.45, 2.75) is 39.2 Å². The Kier molecular flexibility index (Phi) is 4.08. The number of halogens is 1. The van der Waals surface area contributed by atoms with Crippen LogP contribution in [0, 0.1) is 5.41 Å². The van der Waals surface area contributed by atoms with Gasteiger partial charge in [-0.05, 0) is 37.8 Å². The van der Waals surface area contributed by atoms with E-state index in [0.717, 1.165) is 12.8 Å². The lowest BCUT2D eigenvalue weighted by Crippen LogP contribution is -2.48. The molecule has 15 heavy (non-hydrogen) atoms. The predicted molar refractivity (Wildman–Crippen MR) is 56.6 cm³/mol. The average molecular weight is 217 g/mol. The molecule has 0 radical (unpaired) electrons. The van der Waals surface area contributed by atoms with Crippen molar-refractivity contribution in [2.24, 2.45) is 5.41 Å². The number of alkyl halides is 1. The summed E-state index contributed by atoms with van der Waals surface area (Å²) in [7, 11) is 0. The lowest BCUT2D eigenvalue weighted by atomic mass is 9.81. The lowest BCUT2D eigenvalue weighted by Gasteiger charge is -2.39. The van der Waals surface area contributed by atoms with E-state index in [9.17, 15) is 9.18 Å². The molecule has 0 spiro atoms. The summed E-state index contributed by atoms with van der Waals surface area (Å²) >= 11 is 0. The van der Waals surface area contributed by atoms with Crippen LogP contribution in [0.15, 0.2) is 0 Å². The van der Waals surface area contributed by atoms with E-state index in [2.05, 4.69) is 0 Å². The maximum atomic E-state index is 12.7. The molecule has 0 saturated carbocycles. The third-order valence-electron chi connectivity index (χ3n) is 3.44. The highest BCUT2D eigenvalue weighted by Crippen LogP contribution is 2.32. The molecule has 1 aliphatic heterocycles. The highest BCUT2D eigenvalue weighted by Gasteiger charge is 2.34. The van der Waals surface area contributed by atoms with Crippen LogP contribution in [0.1, 0.15) is 33.1 Å². The van der Waals surface area contributed by atoms with Crippen molar-refractivity contribution >= 4 is 5.97 Å². The fraction of sp³-hybridized carbons (Fsp3) is 0.909. The number of hydrogen-bond donors (Lipinski definition) is 1. The molecule has 1 atom stereocenters. The second kappa shape index (κ2) is 4.92. The molecule has 0 amide bonds. The van der Waals surface area contributed by atoms with Crippen LogP contribution in [0.5, 0.6) is 0 Å². The summed E-state index contributed by atoms with van der Waals surface area (Å²) in [5, 5.41) is 9.00. The molecule has 1 heterocycles. The van der Waals surface area contributed by atoms with Crippen LogP contribution in [0.2, 0.25) is 0 Å². The molecule has 0 unspecified atom stereocenters. The molecule has 0 bridgehead atoms. The maximum Gasteiger partial charge on any atom is 0.320 e. The maximum absolute atomic E-state index is 12.7. The fourth-order valence-corrected chi connectivity index (χ4v) is 2.10. The van der Waals surface area contributed by atoms with E-state index in [1.165, 1.54) is 0 Å². The van der Waals surface area contributed by atoms with Crippen LogP contribution in [0.25, 0.3) is 0 Å². The van der Waals surface area contributed by atoms with Crippen molar-refractivity contribution in [2.75, 3.05) is 19.8 Å². The van der Waals surface area contributed by atoms with E-state index < -0.39 is 12.0 Å². The number of rotatable bonds is 4. The van der Waals surface area contributed by atoms with E-state index in [1.54, 1.807) is 0 Å². The molecule has 88 valence electrons. The first-order valence-electron chi connectivity index (χ1n) is 5.55. The molecular weight excluding hydrogens is 197 g/mol.